The van der Waals surface area contributed by atoms with E-state index in [0.29, 0.717) is 0 Å². The Morgan fingerprint density at radius 2 is 2.20 bits per heavy atom. The molecule has 0 aliphatic carbocycles. The van der Waals surface area contributed by atoms with Gasteiger partial charge in [-0.25, -0.2) is 4.79 Å². The molecule has 84 valence electrons. The highest BCUT2D eigenvalue weighted by Gasteiger charge is 2.27. The number of alkyl halides is 3. The van der Waals surface area contributed by atoms with Crippen LogP contribution in [0.3, 0.4) is 0 Å². The third kappa shape index (κ3) is 3.88. The van der Waals surface area contributed by atoms with E-state index < -0.39 is 18.8 Å². The van der Waals surface area contributed by atoms with Crippen molar-refractivity contribution in [1.29, 1.82) is 0 Å². The summed E-state index contributed by atoms with van der Waals surface area (Å²) in [5, 5.41) is 10.1. The largest absolute Gasteiger partial charge is 0.477 e. The molecular weight excluding hydrogens is 233 g/mol. The lowest BCUT2D eigenvalue weighted by Gasteiger charge is -2.06. The number of carboxylic acids is 1. The molecule has 0 spiro atoms. The molecule has 1 N–H and O–H groups in total. The first kappa shape index (κ1) is 12.0. The van der Waals surface area contributed by atoms with E-state index >= 15 is 0 Å². The lowest BCUT2D eigenvalue weighted by atomic mass is 10.3. The van der Waals surface area contributed by atoms with Crippen LogP contribution in [0.5, 0.6) is 0 Å². The van der Waals surface area contributed by atoms with Crippen LogP contribution < -0.4 is 0 Å². The number of hydrogen-bond donors (Lipinski definition) is 1. The summed E-state index contributed by atoms with van der Waals surface area (Å²) in [6.45, 7) is -1.72. The van der Waals surface area contributed by atoms with Crippen LogP contribution in [0.4, 0.5) is 13.2 Å². The van der Waals surface area contributed by atoms with E-state index in [9.17, 15) is 18.0 Å². The molecule has 1 rings (SSSR count). The maximum atomic E-state index is 11.7. The van der Waals surface area contributed by atoms with Crippen LogP contribution >= 0.6 is 11.3 Å². The third-order valence-electron chi connectivity index (χ3n) is 1.46. The number of ether oxygens (including phenoxy) is 1. The minimum absolute atomic E-state index is 0.0113. The topological polar surface area (TPSA) is 46.5 Å². The van der Waals surface area contributed by atoms with Crippen molar-refractivity contribution in [2.45, 2.75) is 12.8 Å². The van der Waals surface area contributed by atoms with E-state index in [4.69, 9.17) is 5.11 Å². The second-order valence-electron chi connectivity index (χ2n) is 2.69. The molecule has 1 heterocycles. The Balaban J connectivity index is 2.51. The van der Waals surface area contributed by atoms with Gasteiger partial charge in [0.05, 0.1) is 6.61 Å². The van der Waals surface area contributed by atoms with E-state index in [1.165, 1.54) is 11.4 Å². The summed E-state index contributed by atoms with van der Waals surface area (Å²) < 4.78 is 39.5. The predicted molar refractivity (Wildman–Crippen MR) is 47.0 cm³/mol. The number of thiophene rings is 1. The first-order valence-electron chi connectivity index (χ1n) is 3.84. The van der Waals surface area contributed by atoms with Gasteiger partial charge in [0.25, 0.3) is 0 Å². The van der Waals surface area contributed by atoms with Gasteiger partial charge in [-0.15, -0.1) is 11.3 Å². The van der Waals surface area contributed by atoms with E-state index in [1.807, 2.05) is 0 Å². The van der Waals surface area contributed by atoms with Crippen molar-refractivity contribution >= 4 is 17.3 Å². The van der Waals surface area contributed by atoms with E-state index in [2.05, 4.69) is 4.74 Å². The molecule has 0 saturated carbocycles. The molecule has 15 heavy (non-hydrogen) atoms. The summed E-state index contributed by atoms with van der Waals surface area (Å²) >= 11 is 0.955. The zero-order valence-electron chi connectivity index (χ0n) is 7.37. The summed E-state index contributed by atoms with van der Waals surface area (Å²) in [5.74, 6) is -1.16. The molecule has 0 aromatic carbocycles. The van der Waals surface area contributed by atoms with Crippen LogP contribution in [-0.2, 0) is 11.3 Å². The van der Waals surface area contributed by atoms with Crippen LogP contribution in [0.15, 0.2) is 11.4 Å². The molecule has 0 unspecified atom stereocenters. The maximum absolute atomic E-state index is 11.7. The highest BCUT2D eigenvalue weighted by atomic mass is 32.1. The monoisotopic (exact) mass is 240 g/mol. The molecule has 0 amide bonds. The molecule has 0 fully saturated rings. The molecule has 7 heteroatoms. The normalized spacial score (nSPS) is 11.7. The molecular formula is C8H7F3O3S. The number of carbonyl (C=O) groups is 1. The average Bonchev–Trinajstić information content (AvgIpc) is 2.49. The summed E-state index contributed by atoms with van der Waals surface area (Å²) in [6.07, 6.45) is -4.39. The summed E-state index contributed by atoms with van der Waals surface area (Å²) in [7, 11) is 0. The van der Waals surface area contributed by atoms with Gasteiger partial charge in [0.2, 0.25) is 0 Å². The Labute approximate surface area is 87.1 Å². The minimum atomic E-state index is -4.39. The van der Waals surface area contributed by atoms with Gasteiger partial charge in [0.15, 0.2) is 0 Å². The quantitative estimate of drug-likeness (QED) is 0.879. The SMILES string of the molecule is O=C(O)c1sccc1COCC(F)(F)F. The van der Waals surface area contributed by atoms with Crippen molar-refractivity contribution in [3.8, 4) is 0 Å². The number of rotatable bonds is 4. The molecule has 1 aromatic rings. The first-order valence-corrected chi connectivity index (χ1v) is 4.72. The van der Waals surface area contributed by atoms with Gasteiger partial charge in [-0.3, -0.25) is 0 Å². The predicted octanol–water partition coefficient (Wildman–Crippen LogP) is 2.53. The van der Waals surface area contributed by atoms with Gasteiger partial charge in [-0.1, -0.05) is 0 Å². The van der Waals surface area contributed by atoms with Crippen LogP contribution in [0.1, 0.15) is 15.2 Å². The zero-order valence-corrected chi connectivity index (χ0v) is 8.19. The van der Waals surface area contributed by atoms with Gasteiger partial charge in [-0.05, 0) is 11.4 Å². The maximum Gasteiger partial charge on any atom is 0.411 e. The van der Waals surface area contributed by atoms with Crippen molar-refractivity contribution < 1.29 is 27.8 Å². The standard InChI is InChI=1S/C8H7F3O3S/c9-8(10,11)4-14-3-5-1-2-15-6(5)7(12)13/h1-2H,3-4H2,(H,12,13). The van der Waals surface area contributed by atoms with Gasteiger partial charge < -0.3 is 9.84 Å². The smallest absolute Gasteiger partial charge is 0.411 e. The van der Waals surface area contributed by atoms with Gasteiger partial charge in [0, 0.05) is 5.56 Å². The number of halogens is 3. The van der Waals surface area contributed by atoms with Crippen molar-refractivity contribution in [1.82, 2.24) is 0 Å². The van der Waals surface area contributed by atoms with Crippen molar-refractivity contribution in [3.05, 3.63) is 21.9 Å². The Morgan fingerprint density at radius 1 is 1.53 bits per heavy atom. The molecule has 0 bridgehead atoms. The fourth-order valence-electron chi connectivity index (χ4n) is 0.914. The lowest BCUT2D eigenvalue weighted by Crippen LogP contribution is -2.17. The number of carboxylic acid groups (broad SMARTS) is 1. The van der Waals surface area contributed by atoms with E-state index in [1.54, 1.807) is 0 Å². The lowest BCUT2D eigenvalue weighted by molar-refractivity contribution is -0.176. The van der Waals surface area contributed by atoms with Gasteiger partial charge in [0.1, 0.15) is 11.5 Å². The molecule has 0 atom stereocenters. The number of hydrogen-bond acceptors (Lipinski definition) is 3. The highest BCUT2D eigenvalue weighted by Crippen LogP contribution is 2.20. The second kappa shape index (κ2) is 4.63. The van der Waals surface area contributed by atoms with Crippen LogP contribution in [0.25, 0.3) is 0 Å². The second-order valence-corrected chi connectivity index (χ2v) is 3.60. The highest BCUT2D eigenvalue weighted by molar-refractivity contribution is 7.12. The minimum Gasteiger partial charge on any atom is -0.477 e. The van der Waals surface area contributed by atoms with Crippen LogP contribution in [-0.4, -0.2) is 23.9 Å². The van der Waals surface area contributed by atoms with Gasteiger partial charge in [-0.2, -0.15) is 13.2 Å². The van der Waals surface area contributed by atoms with Crippen molar-refractivity contribution in [3.63, 3.8) is 0 Å². The summed E-state index contributed by atoms with van der Waals surface area (Å²) in [5.41, 5.74) is 0.261. The van der Waals surface area contributed by atoms with Crippen molar-refractivity contribution in [2.24, 2.45) is 0 Å². The first-order chi connectivity index (χ1) is 6.90. The Hall–Kier alpha value is -1.08. The van der Waals surface area contributed by atoms with E-state index in [-0.39, 0.29) is 17.0 Å². The molecule has 0 saturated heterocycles. The fourth-order valence-corrected chi connectivity index (χ4v) is 1.66. The Bertz CT molecular complexity index is 345. The van der Waals surface area contributed by atoms with Crippen molar-refractivity contribution in [2.75, 3.05) is 6.61 Å². The fraction of sp³-hybridized carbons (Fsp3) is 0.375. The molecule has 1 aromatic heterocycles. The van der Waals surface area contributed by atoms with Crippen LogP contribution in [0.2, 0.25) is 0 Å². The van der Waals surface area contributed by atoms with Crippen LogP contribution in [0, 0.1) is 0 Å². The third-order valence-corrected chi connectivity index (χ3v) is 2.41. The Morgan fingerprint density at radius 3 is 2.73 bits per heavy atom. The van der Waals surface area contributed by atoms with E-state index in [0.717, 1.165) is 11.3 Å². The zero-order chi connectivity index (χ0) is 11.5. The summed E-state index contributed by atoms with van der Waals surface area (Å²) in [4.78, 5) is 10.6. The molecule has 0 radical (unpaired) electrons. The molecule has 0 aliphatic heterocycles. The molecule has 0 aliphatic rings. The average molecular weight is 240 g/mol. The van der Waals surface area contributed by atoms with Gasteiger partial charge >= 0.3 is 12.1 Å². The summed E-state index contributed by atoms with van der Waals surface area (Å²) in [6, 6.07) is 1.44. The number of aromatic carboxylic acids is 1. The molecule has 3 nitrogen and oxygen atoms in total. The Kier molecular flexibility index (Phi) is 3.70.